The maximum atomic E-state index is 14.1. The number of anilines is 1. The predicted octanol–water partition coefficient (Wildman–Crippen LogP) is 7.64. The Labute approximate surface area is 263 Å². The van der Waals surface area contributed by atoms with Crippen molar-refractivity contribution in [3.05, 3.63) is 89.5 Å². The molecule has 3 aliphatic rings. The van der Waals surface area contributed by atoms with Crippen LogP contribution < -0.4 is 15.4 Å². The zero-order valence-electron chi connectivity index (χ0n) is 25.5. The normalized spacial score (nSPS) is 17.7. The molecule has 2 heterocycles. The monoisotopic (exact) mass is 601 g/mol. The number of hydrogen-bond donors (Lipinski definition) is 2. The molecule has 2 amide bonds. The highest BCUT2D eigenvalue weighted by Crippen LogP contribution is 2.48. The van der Waals surface area contributed by atoms with Crippen molar-refractivity contribution in [1.82, 2.24) is 9.88 Å². The summed E-state index contributed by atoms with van der Waals surface area (Å²) in [5, 5.41) is 7.38. The quantitative estimate of drug-likeness (QED) is 0.160. The molecule has 7 nitrogen and oxygen atoms in total. The largest absolute Gasteiger partial charge is 0.489 e. The molecule has 0 saturated heterocycles. The summed E-state index contributed by atoms with van der Waals surface area (Å²) in [4.78, 5) is 38.5. The molecule has 7 heteroatoms. The van der Waals surface area contributed by atoms with Crippen LogP contribution in [0.5, 0.6) is 5.75 Å². The second kappa shape index (κ2) is 12.4. The van der Waals surface area contributed by atoms with E-state index in [-0.39, 0.29) is 11.8 Å². The van der Waals surface area contributed by atoms with Gasteiger partial charge < -0.3 is 19.9 Å². The summed E-state index contributed by atoms with van der Waals surface area (Å²) in [6.45, 7) is 1.20. The number of rotatable bonds is 8. The van der Waals surface area contributed by atoms with Crippen LogP contribution in [0, 0.1) is 0 Å². The number of benzene rings is 3. The highest BCUT2D eigenvalue weighted by atomic mass is 16.5. The second-order valence-corrected chi connectivity index (χ2v) is 12.6. The summed E-state index contributed by atoms with van der Waals surface area (Å²) in [5.41, 5.74) is 5.79. The average Bonchev–Trinajstić information content (AvgIpc) is 3.70. The number of aldehydes is 1. The van der Waals surface area contributed by atoms with Gasteiger partial charge in [0.1, 0.15) is 18.4 Å². The molecule has 230 valence electrons. The minimum atomic E-state index is -1.01. The molecule has 0 unspecified atom stereocenters. The fourth-order valence-corrected chi connectivity index (χ4v) is 7.69. The molecule has 1 aliphatic heterocycles. The number of ether oxygens (including phenoxy) is 1. The van der Waals surface area contributed by atoms with Gasteiger partial charge in [0.25, 0.3) is 5.91 Å². The van der Waals surface area contributed by atoms with Crippen LogP contribution in [0.25, 0.3) is 28.2 Å². The Bertz CT molecular complexity index is 1760. The third-order valence-electron chi connectivity index (χ3n) is 9.86. The van der Waals surface area contributed by atoms with Gasteiger partial charge in [-0.2, -0.15) is 0 Å². The van der Waals surface area contributed by atoms with Crippen molar-refractivity contribution in [3.63, 3.8) is 0 Å². The lowest BCUT2D eigenvalue weighted by Gasteiger charge is -2.30. The van der Waals surface area contributed by atoms with E-state index in [1.54, 1.807) is 18.2 Å². The highest BCUT2D eigenvalue weighted by molar-refractivity contribution is 6.09. The molecule has 2 aliphatic carbocycles. The average molecular weight is 602 g/mol. The SMILES string of the molecule is O=C/C=C/c1ccc(NC(=O)C2(NC(=O)c3ccc4c(C5CCCCC5)c(-c5ccccc5)n5c4c3OCC5)CCCC2)cc1. The zero-order chi connectivity index (χ0) is 30.8. The van der Waals surface area contributed by atoms with E-state index >= 15 is 0 Å². The third kappa shape index (κ3) is 5.45. The molecule has 4 aromatic rings. The van der Waals surface area contributed by atoms with E-state index in [0.717, 1.165) is 36.8 Å². The molecule has 3 aromatic carbocycles. The van der Waals surface area contributed by atoms with Crippen molar-refractivity contribution in [2.45, 2.75) is 75.8 Å². The lowest BCUT2D eigenvalue weighted by molar-refractivity contribution is -0.122. The molecule has 0 atom stereocenters. The Balaban J connectivity index is 1.23. The van der Waals surface area contributed by atoms with E-state index in [1.165, 1.54) is 60.4 Å². The van der Waals surface area contributed by atoms with Gasteiger partial charge in [-0.15, -0.1) is 0 Å². The summed E-state index contributed by atoms with van der Waals surface area (Å²) in [7, 11) is 0. The molecule has 0 spiro atoms. The minimum absolute atomic E-state index is 0.213. The van der Waals surface area contributed by atoms with Crippen molar-refractivity contribution in [2.24, 2.45) is 0 Å². The summed E-state index contributed by atoms with van der Waals surface area (Å²) < 4.78 is 8.69. The molecule has 2 fully saturated rings. The molecule has 45 heavy (non-hydrogen) atoms. The maximum absolute atomic E-state index is 14.1. The summed E-state index contributed by atoms with van der Waals surface area (Å²) >= 11 is 0. The molecule has 1 aromatic heterocycles. The summed E-state index contributed by atoms with van der Waals surface area (Å²) in [6, 6.07) is 21.9. The first-order chi connectivity index (χ1) is 22.1. The van der Waals surface area contributed by atoms with Crippen LogP contribution in [0.1, 0.15) is 85.2 Å². The minimum Gasteiger partial charge on any atom is -0.489 e. The van der Waals surface area contributed by atoms with Crippen LogP contribution in [0.4, 0.5) is 5.69 Å². The van der Waals surface area contributed by atoms with Gasteiger partial charge in [0.15, 0.2) is 5.75 Å². The Morgan fingerprint density at radius 3 is 2.38 bits per heavy atom. The van der Waals surface area contributed by atoms with Crippen LogP contribution in [0.3, 0.4) is 0 Å². The van der Waals surface area contributed by atoms with Gasteiger partial charge in [-0.05, 0) is 72.6 Å². The molecule has 0 radical (unpaired) electrons. The first kappa shape index (κ1) is 29.1. The van der Waals surface area contributed by atoms with E-state index in [2.05, 4.69) is 51.6 Å². The Kier molecular flexibility index (Phi) is 8.01. The Morgan fingerprint density at radius 2 is 1.64 bits per heavy atom. The number of amides is 2. The predicted molar refractivity (Wildman–Crippen MR) is 178 cm³/mol. The fraction of sp³-hybridized carbons (Fsp3) is 0.342. The fourth-order valence-electron chi connectivity index (χ4n) is 7.69. The van der Waals surface area contributed by atoms with E-state index < -0.39 is 5.54 Å². The highest BCUT2D eigenvalue weighted by Gasteiger charge is 2.43. The van der Waals surface area contributed by atoms with Crippen molar-refractivity contribution in [3.8, 4) is 17.0 Å². The first-order valence-corrected chi connectivity index (χ1v) is 16.3. The van der Waals surface area contributed by atoms with Gasteiger partial charge in [0.2, 0.25) is 5.91 Å². The molecular formula is C38H39N3O4. The molecule has 0 bridgehead atoms. The number of allylic oxidation sites excluding steroid dienone is 1. The van der Waals surface area contributed by atoms with Gasteiger partial charge in [-0.1, -0.05) is 86.7 Å². The van der Waals surface area contributed by atoms with Crippen molar-refractivity contribution >= 4 is 40.8 Å². The van der Waals surface area contributed by atoms with Crippen LogP contribution in [0.15, 0.2) is 72.8 Å². The van der Waals surface area contributed by atoms with Crippen molar-refractivity contribution in [1.29, 1.82) is 0 Å². The van der Waals surface area contributed by atoms with E-state index in [4.69, 9.17) is 4.74 Å². The topological polar surface area (TPSA) is 89.4 Å². The van der Waals surface area contributed by atoms with Gasteiger partial charge in [0, 0.05) is 11.1 Å². The second-order valence-electron chi connectivity index (χ2n) is 12.6. The van der Waals surface area contributed by atoms with Crippen LogP contribution in [-0.2, 0) is 16.1 Å². The number of hydrogen-bond acceptors (Lipinski definition) is 4. The van der Waals surface area contributed by atoms with Gasteiger partial charge >= 0.3 is 0 Å². The van der Waals surface area contributed by atoms with Gasteiger partial charge in [-0.3, -0.25) is 14.4 Å². The van der Waals surface area contributed by atoms with Crippen molar-refractivity contribution in [2.75, 3.05) is 11.9 Å². The van der Waals surface area contributed by atoms with Gasteiger partial charge in [-0.25, -0.2) is 0 Å². The number of carbonyl (C=O) groups excluding carboxylic acids is 3. The number of aromatic nitrogens is 1. The molecule has 7 rings (SSSR count). The van der Waals surface area contributed by atoms with Gasteiger partial charge in [0.05, 0.1) is 23.3 Å². The standard InChI is InChI=1S/C38H39N3O4/c42-24-9-10-26-15-17-29(18-16-26)39-37(44)38(21-7-8-22-38)40-36(43)31-20-19-30-32(27-11-3-1-4-12-27)33(28-13-5-2-6-14-28)41-23-25-45-35(31)34(30)41/h2,5-6,9-10,13-20,24,27H,1,3-4,7-8,11-12,21-23,25H2,(H,39,44)(H,40,43)/b10-9+. The number of carbonyl (C=O) groups is 3. The zero-order valence-corrected chi connectivity index (χ0v) is 25.5. The van der Waals surface area contributed by atoms with E-state index in [1.807, 2.05) is 18.2 Å². The molecule has 2 N–H and O–H groups in total. The smallest absolute Gasteiger partial charge is 0.255 e. The van der Waals surface area contributed by atoms with E-state index in [9.17, 15) is 14.4 Å². The number of nitrogens with one attached hydrogen (secondary N) is 2. The Hall–Kier alpha value is -4.65. The lowest BCUT2D eigenvalue weighted by Crippen LogP contribution is -2.55. The third-order valence-corrected chi connectivity index (χ3v) is 9.86. The lowest BCUT2D eigenvalue weighted by atomic mass is 9.81. The molecular weight excluding hydrogens is 562 g/mol. The van der Waals surface area contributed by atoms with Crippen LogP contribution in [-0.4, -0.2) is 34.8 Å². The van der Waals surface area contributed by atoms with Crippen molar-refractivity contribution < 1.29 is 19.1 Å². The van der Waals surface area contributed by atoms with Crippen LogP contribution >= 0.6 is 0 Å². The number of nitrogens with zero attached hydrogens (tertiary/aromatic N) is 1. The van der Waals surface area contributed by atoms with E-state index in [0.29, 0.717) is 42.4 Å². The summed E-state index contributed by atoms with van der Waals surface area (Å²) in [6.07, 6.45) is 12.8. The first-order valence-electron chi connectivity index (χ1n) is 16.3. The Morgan fingerprint density at radius 1 is 0.889 bits per heavy atom. The van der Waals surface area contributed by atoms with Crippen LogP contribution in [0.2, 0.25) is 0 Å². The molecule has 2 saturated carbocycles. The maximum Gasteiger partial charge on any atom is 0.255 e. The summed E-state index contributed by atoms with van der Waals surface area (Å²) in [5.74, 6) is 0.592.